The molecule has 0 radical (unpaired) electrons. The summed E-state index contributed by atoms with van der Waals surface area (Å²) in [5.74, 6) is -1.31. The first-order chi connectivity index (χ1) is 8.90. The first kappa shape index (κ1) is 14.0. The maximum Gasteiger partial charge on any atom is 0.337 e. The van der Waals surface area contributed by atoms with Crippen molar-refractivity contribution in [2.24, 2.45) is 0 Å². The molecule has 0 fully saturated rings. The Balaban J connectivity index is 2.36. The van der Waals surface area contributed by atoms with Gasteiger partial charge in [0.25, 0.3) is 0 Å². The van der Waals surface area contributed by atoms with Crippen LogP contribution in [-0.4, -0.2) is 19.5 Å². The van der Waals surface area contributed by atoms with Crippen LogP contribution in [0.1, 0.15) is 15.9 Å². The van der Waals surface area contributed by atoms with Crippen LogP contribution in [0.2, 0.25) is 5.02 Å². The van der Waals surface area contributed by atoms with Crippen LogP contribution >= 0.6 is 22.9 Å². The zero-order valence-electron chi connectivity index (χ0n) is 9.54. The van der Waals surface area contributed by atoms with E-state index in [1.807, 2.05) is 0 Å². The topological polar surface area (TPSA) is 71.4 Å². The van der Waals surface area contributed by atoms with Crippen molar-refractivity contribution in [3.8, 4) is 0 Å². The molecule has 2 aromatic rings. The Hall–Kier alpha value is -1.37. The molecule has 19 heavy (non-hydrogen) atoms. The van der Waals surface area contributed by atoms with Gasteiger partial charge in [-0.2, -0.15) is 11.3 Å². The molecule has 0 amide bonds. The fraction of sp³-hybridized carbons (Fsp3) is 0.0833. The molecule has 1 N–H and O–H groups in total. The average Bonchev–Trinajstić information content (AvgIpc) is 2.80. The van der Waals surface area contributed by atoms with Gasteiger partial charge in [-0.3, -0.25) is 0 Å². The molecule has 0 saturated carbocycles. The number of sulfone groups is 1. The van der Waals surface area contributed by atoms with E-state index in [-0.39, 0.29) is 21.2 Å². The van der Waals surface area contributed by atoms with Gasteiger partial charge in [-0.25, -0.2) is 13.2 Å². The van der Waals surface area contributed by atoms with Crippen LogP contribution in [0.15, 0.2) is 39.9 Å². The van der Waals surface area contributed by atoms with Crippen LogP contribution in [-0.2, 0) is 15.6 Å². The highest BCUT2D eigenvalue weighted by Gasteiger charge is 2.18. The normalized spacial score (nSPS) is 11.4. The van der Waals surface area contributed by atoms with E-state index in [2.05, 4.69) is 0 Å². The van der Waals surface area contributed by atoms with Crippen molar-refractivity contribution in [3.05, 3.63) is 51.2 Å². The first-order valence-corrected chi connectivity index (χ1v) is 8.14. The molecular formula is C12H9ClO4S2. The van der Waals surface area contributed by atoms with Crippen LogP contribution in [0, 0.1) is 0 Å². The van der Waals surface area contributed by atoms with Crippen molar-refractivity contribution < 1.29 is 18.3 Å². The van der Waals surface area contributed by atoms with E-state index in [0.29, 0.717) is 5.56 Å². The van der Waals surface area contributed by atoms with Crippen LogP contribution in [0.5, 0.6) is 0 Å². The highest BCUT2D eigenvalue weighted by Crippen LogP contribution is 2.24. The zero-order valence-corrected chi connectivity index (χ0v) is 11.9. The lowest BCUT2D eigenvalue weighted by atomic mass is 10.2. The molecule has 4 nitrogen and oxygen atoms in total. The highest BCUT2D eigenvalue weighted by atomic mass is 35.5. The molecule has 0 bridgehead atoms. The van der Waals surface area contributed by atoms with Crippen molar-refractivity contribution in [3.63, 3.8) is 0 Å². The second kappa shape index (κ2) is 5.32. The van der Waals surface area contributed by atoms with Crippen LogP contribution < -0.4 is 0 Å². The van der Waals surface area contributed by atoms with Gasteiger partial charge in [0.2, 0.25) is 0 Å². The van der Waals surface area contributed by atoms with Gasteiger partial charge in [0.15, 0.2) is 9.84 Å². The highest BCUT2D eigenvalue weighted by molar-refractivity contribution is 7.90. The number of aromatic carboxylic acids is 1. The van der Waals surface area contributed by atoms with Gasteiger partial charge in [0, 0.05) is 0 Å². The summed E-state index contributed by atoms with van der Waals surface area (Å²) in [6, 6.07) is 5.37. The number of hydrogen-bond acceptors (Lipinski definition) is 4. The maximum absolute atomic E-state index is 12.1. The minimum absolute atomic E-state index is 0.0219. The summed E-state index contributed by atoms with van der Waals surface area (Å²) in [4.78, 5) is 10.8. The molecule has 1 aromatic heterocycles. The van der Waals surface area contributed by atoms with Crippen molar-refractivity contribution in [1.82, 2.24) is 0 Å². The lowest BCUT2D eigenvalue weighted by Crippen LogP contribution is -2.06. The third-order valence-corrected chi connectivity index (χ3v) is 5.20. The van der Waals surface area contributed by atoms with E-state index in [4.69, 9.17) is 16.7 Å². The van der Waals surface area contributed by atoms with E-state index in [1.165, 1.54) is 29.5 Å². The van der Waals surface area contributed by atoms with Crippen LogP contribution in [0.25, 0.3) is 0 Å². The zero-order chi connectivity index (χ0) is 14.0. The third-order valence-electron chi connectivity index (χ3n) is 2.47. The molecule has 0 atom stereocenters. The minimum Gasteiger partial charge on any atom is -0.478 e. The Bertz CT molecular complexity index is 705. The first-order valence-electron chi connectivity index (χ1n) is 5.17. The summed E-state index contributed by atoms with van der Waals surface area (Å²) >= 11 is 7.19. The summed E-state index contributed by atoms with van der Waals surface area (Å²) in [7, 11) is -3.52. The Morgan fingerprint density at radius 3 is 2.58 bits per heavy atom. The van der Waals surface area contributed by atoms with E-state index in [0.717, 1.165) is 0 Å². The SMILES string of the molecule is O=C(O)c1ccc(S(=O)(=O)Cc2ccsc2)cc1Cl. The fourth-order valence-electron chi connectivity index (χ4n) is 1.54. The summed E-state index contributed by atoms with van der Waals surface area (Å²) in [5.41, 5.74) is 0.583. The molecule has 0 unspecified atom stereocenters. The quantitative estimate of drug-likeness (QED) is 0.941. The van der Waals surface area contributed by atoms with Crippen molar-refractivity contribution in [2.75, 3.05) is 0 Å². The summed E-state index contributed by atoms with van der Waals surface area (Å²) in [6.07, 6.45) is 0. The number of thiophene rings is 1. The van der Waals surface area contributed by atoms with E-state index in [1.54, 1.807) is 16.8 Å². The molecule has 0 spiro atoms. The van der Waals surface area contributed by atoms with Crippen molar-refractivity contribution >= 4 is 38.7 Å². The molecule has 0 saturated heterocycles. The average molecular weight is 317 g/mol. The van der Waals surface area contributed by atoms with E-state index in [9.17, 15) is 13.2 Å². The Labute approximate surface area is 119 Å². The number of carboxylic acid groups (broad SMARTS) is 1. The maximum atomic E-state index is 12.1. The number of rotatable bonds is 4. The van der Waals surface area contributed by atoms with Crippen molar-refractivity contribution in [2.45, 2.75) is 10.6 Å². The molecule has 2 rings (SSSR count). The smallest absolute Gasteiger partial charge is 0.337 e. The summed E-state index contributed by atoms with van der Waals surface area (Å²) in [5, 5.41) is 12.3. The van der Waals surface area contributed by atoms with Gasteiger partial charge in [-0.05, 0) is 40.6 Å². The van der Waals surface area contributed by atoms with Gasteiger partial charge < -0.3 is 5.11 Å². The molecule has 0 aliphatic rings. The third kappa shape index (κ3) is 3.15. The number of benzene rings is 1. The van der Waals surface area contributed by atoms with Gasteiger partial charge in [0.05, 0.1) is 21.2 Å². The molecule has 0 aliphatic heterocycles. The van der Waals surface area contributed by atoms with Crippen molar-refractivity contribution in [1.29, 1.82) is 0 Å². The Morgan fingerprint density at radius 1 is 1.32 bits per heavy atom. The van der Waals surface area contributed by atoms with Gasteiger partial charge in [0.1, 0.15) is 0 Å². The summed E-state index contributed by atoms with van der Waals surface area (Å²) < 4.78 is 24.3. The van der Waals surface area contributed by atoms with E-state index >= 15 is 0 Å². The number of hydrogen-bond donors (Lipinski definition) is 1. The molecular weight excluding hydrogens is 308 g/mol. The van der Waals surface area contributed by atoms with Crippen LogP contribution in [0.3, 0.4) is 0 Å². The monoisotopic (exact) mass is 316 g/mol. The number of carbonyl (C=O) groups is 1. The predicted molar refractivity (Wildman–Crippen MR) is 73.6 cm³/mol. The molecule has 100 valence electrons. The van der Waals surface area contributed by atoms with Gasteiger partial charge >= 0.3 is 5.97 Å². The molecule has 7 heteroatoms. The Morgan fingerprint density at radius 2 is 2.05 bits per heavy atom. The lowest BCUT2D eigenvalue weighted by Gasteiger charge is -2.05. The second-order valence-electron chi connectivity index (χ2n) is 3.84. The minimum atomic E-state index is -3.52. The molecule has 1 heterocycles. The number of halogens is 1. The second-order valence-corrected chi connectivity index (χ2v) is 7.01. The molecule has 0 aliphatic carbocycles. The summed E-state index contributed by atoms with van der Waals surface area (Å²) in [6.45, 7) is 0. The number of carboxylic acids is 1. The predicted octanol–water partition coefficient (Wildman–Crippen LogP) is 3.07. The standard InChI is InChI=1S/C12H9ClO4S2/c13-11-5-9(1-2-10(11)12(14)15)19(16,17)7-8-3-4-18-6-8/h1-6H,7H2,(H,14,15). The van der Waals surface area contributed by atoms with Gasteiger partial charge in [-0.15, -0.1) is 0 Å². The van der Waals surface area contributed by atoms with Gasteiger partial charge in [-0.1, -0.05) is 11.6 Å². The Kier molecular flexibility index (Phi) is 3.93. The fourth-order valence-corrected chi connectivity index (χ4v) is 4.00. The largest absolute Gasteiger partial charge is 0.478 e. The van der Waals surface area contributed by atoms with Crippen LogP contribution in [0.4, 0.5) is 0 Å². The van der Waals surface area contributed by atoms with E-state index < -0.39 is 15.8 Å². The lowest BCUT2D eigenvalue weighted by molar-refractivity contribution is 0.0697. The molecule has 1 aromatic carbocycles.